The SMILES string of the molecule is Cc1ccc(CCCCOc2ccc(/C=C/c3cccc4c(=O)cc(-c5nn[nH]n5)oc34)cc2)cc1. The third kappa shape index (κ3) is 5.58. The predicted octanol–water partition coefficient (Wildman–Crippen LogP) is 5.85. The number of ether oxygens (including phenoxy) is 1. The molecule has 5 rings (SSSR count). The van der Waals surface area contributed by atoms with E-state index in [9.17, 15) is 4.79 Å². The van der Waals surface area contributed by atoms with Crippen LogP contribution in [0.5, 0.6) is 5.75 Å². The molecule has 3 aromatic carbocycles. The minimum absolute atomic E-state index is 0.160. The van der Waals surface area contributed by atoms with Crippen molar-refractivity contribution in [2.75, 3.05) is 6.61 Å². The highest BCUT2D eigenvalue weighted by molar-refractivity contribution is 5.89. The second-order valence-electron chi connectivity index (χ2n) is 8.63. The molecular formula is C29H26N4O3. The van der Waals surface area contributed by atoms with Crippen LogP contribution in [-0.2, 0) is 6.42 Å². The molecule has 0 unspecified atom stereocenters. The number of benzene rings is 3. The number of rotatable bonds is 9. The minimum atomic E-state index is -0.160. The molecule has 0 saturated carbocycles. The molecule has 0 atom stereocenters. The molecule has 0 saturated heterocycles. The van der Waals surface area contributed by atoms with Crippen LogP contribution in [0.3, 0.4) is 0 Å². The van der Waals surface area contributed by atoms with Crippen molar-refractivity contribution in [1.29, 1.82) is 0 Å². The molecular weight excluding hydrogens is 452 g/mol. The first-order valence-electron chi connectivity index (χ1n) is 11.9. The van der Waals surface area contributed by atoms with E-state index in [-0.39, 0.29) is 17.0 Å². The van der Waals surface area contributed by atoms with Gasteiger partial charge in [-0.3, -0.25) is 4.79 Å². The van der Waals surface area contributed by atoms with Crippen LogP contribution in [0.15, 0.2) is 82.0 Å². The zero-order valence-corrected chi connectivity index (χ0v) is 20.0. The van der Waals surface area contributed by atoms with Gasteiger partial charge >= 0.3 is 0 Å². The summed E-state index contributed by atoms with van der Waals surface area (Å²) in [5.41, 5.74) is 4.77. The average molecular weight is 479 g/mol. The Labute approximate surface area is 208 Å². The number of para-hydroxylation sites is 1. The first-order valence-corrected chi connectivity index (χ1v) is 11.9. The number of aromatic nitrogens is 4. The van der Waals surface area contributed by atoms with Gasteiger partial charge in [0.1, 0.15) is 11.3 Å². The number of hydrogen-bond acceptors (Lipinski definition) is 6. The quantitative estimate of drug-likeness (QED) is 0.211. The van der Waals surface area contributed by atoms with E-state index in [4.69, 9.17) is 9.15 Å². The maximum Gasteiger partial charge on any atom is 0.239 e. The van der Waals surface area contributed by atoms with E-state index >= 15 is 0 Å². The molecule has 36 heavy (non-hydrogen) atoms. The molecule has 7 heteroatoms. The number of fused-ring (bicyclic) bond motifs is 1. The highest BCUT2D eigenvalue weighted by atomic mass is 16.5. The van der Waals surface area contributed by atoms with Gasteiger partial charge in [0, 0.05) is 11.6 Å². The molecule has 1 N–H and O–H groups in total. The molecule has 0 aliphatic rings. The van der Waals surface area contributed by atoms with Gasteiger partial charge in [-0.15, -0.1) is 10.2 Å². The van der Waals surface area contributed by atoms with Crippen molar-refractivity contribution >= 4 is 23.1 Å². The van der Waals surface area contributed by atoms with E-state index in [1.807, 2.05) is 48.6 Å². The van der Waals surface area contributed by atoms with Gasteiger partial charge in [-0.1, -0.05) is 66.2 Å². The third-order valence-electron chi connectivity index (χ3n) is 5.94. The number of tetrazole rings is 1. The van der Waals surface area contributed by atoms with Crippen LogP contribution >= 0.6 is 0 Å². The highest BCUT2D eigenvalue weighted by Gasteiger charge is 2.12. The molecule has 0 amide bonds. The number of unbranched alkanes of at least 4 members (excludes halogenated alkanes) is 1. The molecule has 180 valence electrons. The Morgan fingerprint density at radius 2 is 1.81 bits per heavy atom. The van der Waals surface area contributed by atoms with Gasteiger partial charge in [0.15, 0.2) is 11.2 Å². The summed E-state index contributed by atoms with van der Waals surface area (Å²) in [6, 6.07) is 23.5. The van der Waals surface area contributed by atoms with Crippen LogP contribution in [0.25, 0.3) is 34.7 Å². The molecule has 0 spiro atoms. The number of nitrogens with one attached hydrogen (secondary N) is 1. The van der Waals surface area contributed by atoms with Crippen molar-refractivity contribution in [3.63, 3.8) is 0 Å². The van der Waals surface area contributed by atoms with Gasteiger partial charge in [0.05, 0.1) is 12.0 Å². The monoisotopic (exact) mass is 478 g/mol. The smallest absolute Gasteiger partial charge is 0.239 e. The molecule has 2 aromatic heterocycles. The minimum Gasteiger partial charge on any atom is -0.494 e. The van der Waals surface area contributed by atoms with Crippen molar-refractivity contribution in [3.8, 4) is 17.3 Å². The second-order valence-corrected chi connectivity index (χ2v) is 8.63. The Bertz CT molecular complexity index is 1520. The summed E-state index contributed by atoms with van der Waals surface area (Å²) in [5, 5.41) is 14.2. The van der Waals surface area contributed by atoms with Gasteiger partial charge < -0.3 is 9.15 Å². The standard InChI is InChI=1S/C29H26N4O3/c1-20-8-10-21(11-9-20)5-2-3-18-35-24-16-13-22(14-17-24)12-15-23-6-4-7-25-26(34)19-27(36-28(23)25)29-30-32-33-31-29/h4,6-17,19H,2-3,5,18H2,1H3,(H,30,31,32,33)/b15-12+. The molecule has 0 radical (unpaired) electrons. The summed E-state index contributed by atoms with van der Waals surface area (Å²) in [6.45, 7) is 2.80. The Hall–Kier alpha value is -4.52. The number of hydrogen-bond donors (Lipinski definition) is 1. The Balaban J connectivity index is 1.21. The molecule has 0 fully saturated rings. The van der Waals surface area contributed by atoms with E-state index in [0.717, 1.165) is 36.1 Å². The maximum atomic E-state index is 12.6. The van der Waals surface area contributed by atoms with E-state index < -0.39 is 0 Å². The van der Waals surface area contributed by atoms with Gasteiger partial charge in [0.25, 0.3) is 0 Å². The largest absolute Gasteiger partial charge is 0.494 e. The first-order chi connectivity index (χ1) is 17.7. The average Bonchev–Trinajstić information content (AvgIpc) is 3.44. The molecule has 7 nitrogen and oxygen atoms in total. The normalized spacial score (nSPS) is 11.4. The van der Waals surface area contributed by atoms with Gasteiger partial charge in [0.2, 0.25) is 5.82 Å². The van der Waals surface area contributed by atoms with Gasteiger partial charge in [-0.2, -0.15) is 5.21 Å². The fourth-order valence-corrected chi connectivity index (χ4v) is 3.94. The lowest BCUT2D eigenvalue weighted by Crippen LogP contribution is -2.01. The lowest BCUT2D eigenvalue weighted by molar-refractivity contribution is 0.307. The summed E-state index contributed by atoms with van der Waals surface area (Å²) in [7, 11) is 0. The van der Waals surface area contributed by atoms with Crippen molar-refractivity contribution in [2.45, 2.75) is 26.2 Å². The molecule has 0 aliphatic carbocycles. The third-order valence-corrected chi connectivity index (χ3v) is 5.94. The highest BCUT2D eigenvalue weighted by Crippen LogP contribution is 2.24. The van der Waals surface area contributed by atoms with Crippen LogP contribution < -0.4 is 10.2 Å². The number of aryl methyl sites for hydroxylation is 2. The molecule has 2 heterocycles. The topological polar surface area (TPSA) is 93.9 Å². The van der Waals surface area contributed by atoms with Crippen LogP contribution in [-0.4, -0.2) is 27.2 Å². The van der Waals surface area contributed by atoms with E-state index in [1.165, 1.54) is 17.2 Å². The predicted molar refractivity (Wildman–Crippen MR) is 141 cm³/mol. The van der Waals surface area contributed by atoms with E-state index in [1.54, 1.807) is 6.07 Å². The molecule has 0 aliphatic heterocycles. The van der Waals surface area contributed by atoms with Crippen molar-refractivity contribution < 1.29 is 9.15 Å². The van der Waals surface area contributed by atoms with Crippen LogP contribution in [0, 0.1) is 6.92 Å². The van der Waals surface area contributed by atoms with Gasteiger partial charge in [-0.05, 0) is 60.7 Å². The van der Waals surface area contributed by atoms with Crippen LogP contribution in [0.4, 0.5) is 0 Å². The maximum absolute atomic E-state index is 12.6. The molecule has 5 aromatic rings. The van der Waals surface area contributed by atoms with Gasteiger partial charge in [-0.25, -0.2) is 0 Å². The number of aromatic amines is 1. The summed E-state index contributed by atoms with van der Waals surface area (Å²) in [5.74, 6) is 1.35. The van der Waals surface area contributed by atoms with Crippen LogP contribution in [0.2, 0.25) is 0 Å². The second kappa shape index (κ2) is 10.8. The number of H-pyrrole nitrogens is 1. The van der Waals surface area contributed by atoms with E-state index in [2.05, 4.69) is 51.8 Å². The number of nitrogens with zero attached hydrogens (tertiary/aromatic N) is 3. The lowest BCUT2D eigenvalue weighted by atomic mass is 10.1. The molecule has 0 bridgehead atoms. The van der Waals surface area contributed by atoms with E-state index in [0.29, 0.717) is 17.6 Å². The van der Waals surface area contributed by atoms with Crippen molar-refractivity contribution in [3.05, 3.63) is 105 Å². The summed E-state index contributed by atoms with van der Waals surface area (Å²) >= 11 is 0. The fraction of sp³-hybridized carbons (Fsp3) is 0.172. The summed E-state index contributed by atoms with van der Waals surface area (Å²) < 4.78 is 11.9. The fourth-order valence-electron chi connectivity index (χ4n) is 3.94. The van der Waals surface area contributed by atoms with Crippen molar-refractivity contribution in [1.82, 2.24) is 20.6 Å². The Kier molecular flexibility index (Phi) is 6.98. The summed E-state index contributed by atoms with van der Waals surface area (Å²) in [6.07, 6.45) is 7.07. The summed E-state index contributed by atoms with van der Waals surface area (Å²) in [4.78, 5) is 12.6. The zero-order chi connectivity index (χ0) is 24.7. The zero-order valence-electron chi connectivity index (χ0n) is 20.0. The first kappa shape index (κ1) is 23.2. The lowest BCUT2D eigenvalue weighted by Gasteiger charge is -2.07. The Morgan fingerprint density at radius 3 is 2.58 bits per heavy atom. The van der Waals surface area contributed by atoms with Crippen molar-refractivity contribution in [2.24, 2.45) is 0 Å². The Morgan fingerprint density at radius 1 is 0.972 bits per heavy atom. The van der Waals surface area contributed by atoms with Crippen LogP contribution in [0.1, 0.15) is 35.1 Å².